The number of rotatable bonds is 6. The van der Waals surface area contributed by atoms with Crippen LogP contribution in [0.2, 0.25) is 0 Å². The maximum atomic E-state index is 2.38. The molecule has 0 spiro atoms. The maximum absolute atomic E-state index is 2.38. The van der Waals surface area contributed by atoms with Crippen LogP contribution in [0, 0.1) is 0 Å². The van der Waals surface area contributed by atoms with E-state index in [1.54, 1.807) is 0 Å². The van der Waals surface area contributed by atoms with Crippen molar-refractivity contribution in [2.75, 3.05) is 0 Å². The lowest BCUT2D eigenvalue weighted by Gasteiger charge is -2.35. The molecule has 0 heterocycles. The van der Waals surface area contributed by atoms with Crippen LogP contribution >= 0.6 is 7.92 Å². The summed E-state index contributed by atoms with van der Waals surface area (Å²) in [4.78, 5) is 0. The Hall–Kier alpha value is -3.47. The minimum atomic E-state index is -0.712. The monoisotopic (exact) mass is 442 g/mol. The van der Waals surface area contributed by atoms with E-state index >= 15 is 0 Å². The van der Waals surface area contributed by atoms with Crippen LogP contribution < -0.4 is 15.9 Å². The Labute approximate surface area is 198 Å². The first-order valence-corrected chi connectivity index (χ1v) is 12.7. The molecule has 33 heavy (non-hydrogen) atoms. The predicted molar refractivity (Wildman–Crippen MR) is 144 cm³/mol. The molecule has 5 aromatic rings. The highest BCUT2D eigenvalue weighted by molar-refractivity contribution is 7.79. The Bertz CT molecular complexity index is 1220. The summed E-state index contributed by atoms with van der Waals surface area (Å²) in [7, 11) is -0.712. The third-order valence-electron chi connectivity index (χ3n) is 6.41. The van der Waals surface area contributed by atoms with Gasteiger partial charge in [0.1, 0.15) is 0 Å². The van der Waals surface area contributed by atoms with Gasteiger partial charge in [-0.3, -0.25) is 0 Å². The predicted octanol–water partition coefficient (Wildman–Crippen LogP) is 6.80. The first kappa shape index (κ1) is 21.4. The van der Waals surface area contributed by atoms with Crippen molar-refractivity contribution < 1.29 is 0 Å². The van der Waals surface area contributed by atoms with Gasteiger partial charge in [-0.05, 0) is 47.4 Å². The van der Waals surface area contributed by atoms with Crippen LogP contribution in [0.3, 0.4) is 0 Å². The highest BCUT2D eigenvalue weighted by atomic mass is 31.1. The molecule has 0 aromatic heterocycles. The summed E-state index contributed by atoms with van der Waals surface area (Å²) in [6.45, 7) is 2.38. The Morgan fingerprint density at radius 1 is 0.424 bits per heavy atom. The van der Waals surface area contributed by atoms with E-state index in [1.165, 1.54) is 32.6 Å². The molecule has 0 aliphatic carbocycles. The molecular formula is C32H27P. The highest BCUT2D eigenvalue weighted by Gasteiger charge is 2.35. The van der Waals surface area contributed by atoms with E-state index in [0.29, 0.717) is 0 Å². The topological polar surface area (TPSA) is 0 Å². The van der Waals surface area contributed by atoms with Crippen molar-refractivity contribution >= 4 is 23.8 Å². The highest BCUT2D eigenvalue weighted by Crippen LogP contribution is 2.43. The minimum Gasteiger partial charge on any atom is -0.0622 e. The summed E-state index contributed by atoms with van der Waals surface area (Å²) in [5.41, 5.74) is 3.70. The molecule has 5 rings (SSSR count). The second-order valence-corrected chi connectivity index (χ2v) is 10.6. The number of hydrogen-bond acceptors (Lipinski definition) is 0. The van der Waals surface area contributed by atoms with Crippen molar-refractivity contribution in [1.29, 1.82) is 0 Å². The van der Waals surface area contributed by atoms with Crippen LogP contribution in [0.25, 0.3) is 0 Å². The summed E-state index contributed by atoms with van der Waals surface area (Å²) in [5.74, 6) is 0. The normalized spacial score (nSPS) is 11.5. The van der Waals surface area contributed by atoms with Crippen molar-refractivity contribution in [3.63, 3.8) is 0 Å². The molecule has 0 fully saturated rings. The summed E-state index contributed by atoms with van der Waals surface area (Å²) in [6.07, 6.45) is 0. The van der Waals surface area contributed by atoms with Gasteiger partial charge in [0, 0.05) is 5.41 Å². The Morgan fingerprint density at radius 2 is 0.788 bits per heavy atom. The smallest absolute Gasteiger partial charge is 0.0429 e. The molecule has 0 saturated heterocycles. The zero-order chi connectivity index (χ0) is 22.5. The van der Waals surface area contributed by atoms with Gasteiger partial charge in [0.2, 0.25) is 0 Å². The maximum Gasteiger partial charge on any atom is 0.0429 e. The second-order valence-electron chi connectivity index (χ2n) is 8.38. The number of benzene rings is 5. The van der Waals surface area contributed by atoms with Crippen molar-refractivity contribution in [1.82, 2.24) is 0 Å². The van der Waals surface area contributed by atoms with Gasteiger partial charge in [0.05, 0.1) is 0 Å². The Balaban J connectivity index is 1.80. The van der Waals surface area contributed by atoms with E-state index in [0.717, 1.165) is 0 Å². The fraction of sp³-hybridized carbons (Fsp3) is 0.0625. The minimum absolute atomic E-state index is 0.275. The molecular weight excluding hydrogens is 415 g/mol. The van der Waals surface area contributed by atoms with Crippen LogP contribution in [0.15, 0.2) is 146 Å². The quantitative estimate of drug-likeness (QED) is 0.200. The first-order chi connectivity index (χ1) is 16.3. The molecule has 0 radical (unpaired) electrons. The lowest BCUT2D eigenvalue weighted by atomic mass is 9.71. The van der Waals surface area contributed by atoms with Gasteiger partial charge >= 0.3 is 0 Å². The third-order valence-corrected chi connectivity index (χ3v) is 8.92. The lowest BCUT2D eigenvalue weighted by molar-refractivity contribution is 0.697. The van der Waals surface area contributed by atoms with Crippen molar-refractivity contribution in [3.05, 3.63) is 162 Å². The van der Waals surface area contributed by atoms with Gasteiger partial charge in [0.25, 0.3) is 0 Å². The van der Waals surface area contributed by atoms with Gasteiger partial charge in [-0.15, -0.1) is 0 Å². The fourth-order valence-corrected chi connectivity index (χ4v) is 7.26. The third kappa shape index (κ3) is 4.15. The van der Waals surface area contributed by atoms with Crippen LogP contribution in [0.5, 0.6) is 0 Å². The van der Waals surface area contributed by atoms with E-state index in [-0.39, 0.29) is 5.41 Å². The molecule has 0 nitrogen and oxygen atoms in total. The summed E-state index contributed by atoms with van der Waals surface area (Å²) in [6, 6.07) is 52.8. The van der Waals surface area contributed by atoms with E-state index in [4.69, 9.17) is 0 Å². The largest absolute Gasteiger partial charge is 0.0622 e. The van der Waals surface area contributed by atoms with Crippen LogP contribution in [-0.2, 0) is 5.41 Å². The Kier molecular flexibility index (Phi) is 6.20. The van der Waals surface area contributed by atoms with Crippen LogP contribution in [0.4, 0.5) is 0 Å². The average Bonchev–Trinajstić information content (AvgIpc) is 2.91. The molecule has 1 heteroatoms. The Morgan fingerprint density at radius 3 is 1.24 bits per heavy atom. The first-order valence-electron chi connectivity index (χ1n) is 11.4. The van der Waals surface area contributed by atoms with Gasteiger partial charge in [0.15, 0.2) is 0 Å². The van der Waals surface area contributed by atoms with Crippen LogP contribution in [-0.4, -0.2) is 0 Å². The molecule has 0 aliphatic rings. The van der Waals surface area contributed by atoms with Gasteiger partial charge in [-0.25, -0.2) is 0 Å². The molecule has 0 aliphatic heterocycles. The SMILES string of the molecule is CC(c1ccccc1)(c1ccccc1)c1ccccc1P(c1ccccc1)c1ccccc1. The van der Waals surface area contributed by atoms with Crippen molar-refractivity contribution in [3.8, 4) is 0 Å². The van der Waals surface area contributed by atoms with Crippen molar-refractivity contribution in [2.24, 2.45) is 0 Å². The van der Waals surface area contributed by atoms with Gasteiger partial charge in [-0.2, -0.15) is 0 Å². The second kappa shape index (κ2) is 9.57. The molecule has 0 saturated carbocycles. The summed E-state index contributed by atoms with van der Waals surface area (Å²) < 4.78 is 0. The van der Waals surface area contributed by atoms with E-state index in [2.05, 4.69) is 153 Å². The zero-order valence-corrected chi connectivity index (χ0v) is 19.7. The van der Waals surface area contributed by atoms with Gasteiger partial charge in [-0.1, -0.05) is 146 Å². The van der Waals surface area contributed by atoms with E-state index < -0.39 is 7.92 Å². The molecule has 0 amide bonds. The van der Waals surface area contributed by atoms with Gasteiger partial charge < -0.3 is 0 Å². The van der Waals surface area contributed by atoms with Crippen LogP contribution in [0.1, 0.15) is 23.6 Å². The standard InChI is InChI=1S/C32H27P/c1-32(26-16-6-2-7-17-26,27-18-8-3-9-19-27)30-24-14-15-25-31(30)33(28-20-10-4-11-21-28)29-22-12-5-13-23-29/h2-25H,1H3. The molecule has 160 valence electrons. The fourth-order valence-electron chi connectivity index (χ4n) is 4.69. The summed E-state index contributed by atoms with van der Waals surface area (Å²) in [5, 5.41) is 4.14. The van der Waals surface area contributed by atoms with E-state index in [9.17, 15) is 0 Å². The molecule has 5 aromatic carbocycles. The molecule has 0 atom stereocenters. The zero-order valence-electron chi connectivity index (χ0n) is 18.8. The van der Waals surface area contributed by atoms with E-state index in [1.807, 2.05) is 0 Å². The average molecular weight is 443 g/mol. The van der Waals surface area contributed by atoms with Crippen molar-refractivity contribution in [2.45, 2.75) is 12.3 Å². The summed E-state index contributed by atoms with van der Waals surface area (Å²) >= 11 is 0. The molecule has 0 unspecified atom stereocenters. The molecule has 0 N–H and O–H groups in total. The molecule has 0 bridgehead atoms. The number of hydrogen-bond donors (Lipinski definition) is 0. The lowest BCUT2D eigenvalue weighted by Crippen LogP contribution is -2.33.